The molecule has 8 heteroatoms. The number of thioether (sulfide) groups is 1. The molecule has 0 spiro atoms. The summed E-state index contributed by atoms with van der Waals surface area (Å²) in [5, 5.41) is 16.0. The molecule has 2 N–H and O–H groups in total. The number of nitrogens with zero attached hydrogens (tertiary/aromatic N) is 1. The van der Waals surface area contributed by atoms with E-state index in [1.54, 1.807) is 12.3 Å². The van der Waals surface area contributed by atoms with Crippen molar-refractivity contribution in [1.29, 1.82) is 5.26 Å². The zero-order chi connectivity index (χ0) is 12.8. The topological polar surface area (TPSA) is 107 Å². The van der Waals surface area contributed by atoms with Crippen LogP contribution >= 0.6 is 11.8 Å². The van der Waals surface area contributed by atoms with Crippen LogP contribution in [0.15, 0.2) is 0 Å². The second kappa shape index (κ2) is 6.73. The maximum absolute atomic E-state index is 11.4. The summed E-state index contributed by atoms with van der Waals surface area (Å²) in [7, 11) is -3.89. The van der Waals surface area contributed by atoms with E-state index in [4.69, 9.17) is 10.4 Å². The summed E-state index contributed by atoms with van der Waals surface area (Å²) >= 11 is 1.42. The third-order valence-electron chi connectivity index (χ3n) is 1.86. The van der Waals surface area contributed by atoms with E-state index >= 15 is 0 Å². The molecule has 0 rings (SSSR count). The van der Waals surface area contributed by atoms with Gasteiger partial charge in [-0.25, -0.2) is 8.42 Å². The molecule has 0 aromatic rings. The van der Waals surface area contributed by atoms with E-state index in [2.05, 4.69) is 0 Å². The zero-order valence-electron chi connectivity index (χ0n) is 9.00. The van der Waals surface area contributed by atoms with Crippen molar-refractivity contribution in [3.8, 4) is 6.07 Å². The van der Waals surface area contributed by atoms with E-state index < -0.39 is 27.3 Å². The number of aliphatic carboxylic acids is 1. The Bertz CT molecular complexity index is 374. The molecule has 0 saturated heterocycles. The van der Waals surface area contributed by atoms with Gasteiger partial charge in [0.2, 0.25) is 10.0 Å². The SMILES string of the molecule is CSCC[C@H](NS(=O)(=O)C(C)C#N)C(=O)O. The minimum atomic E-state index is -3.89. The quantitative estimate of drug-likeness (QED) is 0.673. The van der Waals surface area contributed by atoms with Crippen molar-refractivity contribution in [2.45, 2.75) is 24.6 Å². The van der Waals surface area contributed by atoms with Crippen LogP contribution in [0.3, 0.4) is 0 Å². The Balaban J connectivity index is 4.64. The summed E-state index contributed by atoms with van der Waals surface area (Å²) in [5.74, 6) is -0.705. The molecular weight excluding hydrogens is 252 g/mol. The van der Waals surface area contributed by atoms with Crippen LogP contribution in [0.5, 0.6) is 0 Å². The summed E-state index contributed by atoms with van der Waals surface area (Å²) in [6, 6.07) is 0.384. The van der Waals surface area contributed by atoms with Crippen LogP contribution in [-0.2, 0) is 14.8 Å². The molecule has 0 radical (unpaired) electrons. The van der Waals surface area contributed by atoms with Crippen molar-refractivity contribution in [3.63, 3.8) is 0 Å². The van der Waals surface area contributed by atoms with Crippen LogP contribution in [0.25, 0.3) is 0 Å². The van der Waals surface area contributed by atoms with E-state index in [1.807, 2.05) is 4.72 Å². The number of carboxylic acids is 1. The van der Waals surface area contributed by atoms with Gasteiger partial charge in [0, 0.05) is 0 Å². The summed E-state index contributed by atoms with van der Waals surface area (Å²) in [4.78, 5) is 10.8. The number of hydrogen-bond donors (Lipinski definition) is 2. The highest BCUT2D eigenvalue weighted by Gasteiger charge is 2.27. The van der Waals surface area contributed by atoms with Gasteiger partial charge in [-0.2, -0.15) is 21.7 Å². The van der Waals surface area contributed by atoms with Crippen LogP contribution in [-0.4, -0.2) is 42.8 Å². The molecule has 6 nitrogen and oxygen atoms in total. The normalized spacial score (nSPS) is 15.1. The Morgan fingerprint density at radius 2 is 2.19 bits per heavy atom. The lowest BCUT2D eigenvalue weighted by atomic mass is 10.2. The van der Waals surface area contributed by atoms with Crippen molar-refractivity contribution in [1.82, 2.24) is 4.72 Å². The number of carbonyl (C=O) groups is 1. The fourth-order valence-electron chi connectivity index (χ4n) is 0.838. The largest absolute Gasteiger partial charge is 0.480 e. The number of nitriles is 1. The van der Waals surface area contributed by atoms with E-state index in [0.717, 1.165) is 0 Å². The zero-order valence-corrected chi connectivity index (χ0v) is 10.6. The summed E-state index contributed by atoms with van der Waals surface area (Å²) < 4.78 is 24.9. The van der Waals surface area contributed by atoms with Gasteiger partial charge in [0.05, 0.1) is 6.07 Å². The predicted octanol–water partition coefficient (Wildman–Crippen LogP) is 0.0242. The number of rotatable bonds is 7. The Labute approximate surface area is 99.1 Å². The molecule has 0 aromatic carbocycles. The lowest BCUT2D eigenvalue weighted by Crippen LogP contribution is -2.44. The molecule has 0 fully saturated rings. The lowest BCUT2D eigenvalue weighted by molar-refractivity contribution is -0.139. The van der Waals surface area contributed by atoms with Gasteiger partial charge in [-0.1, -0.05) is 0 Å². The van der Waals surface area contributed by atoms with Crippen molar-refractivity contribution < 1.29 is 18.3 Å². The smallest absolute Gasteiger partial charge is 0.321 e. The first kappa shape index (κ1) is 15.2. The first-order chi connectivity index (χ1) is 7.35. The van der Waals surface area contributed by atoms with E-state index in [1.165, 1.54) is 18.7 Å². The Morgan fingerprint density at radius 3 is 2.56 bits per heavy atom. The van der Waals surface area contributed by atoms with E-state index in [0.29, 0.717) is 5.75 Å². The standard InChI is InChI=1S/C8H14N2O4S2/c1-6(5-9)16(13,14)10-7(8(11)12)3-4-15-2/h6-7,10H,3-4H2,1-2H3,(H,11,12)/t6?,7-/m0/s1. The third-order valence-corrected chi connectivity index (χ3v) is 4.16. The highest BCUT2D eigenvalue weighted by molar-refractivity contribution is 7.98. The molecule has 2 atom stereocenters. The highest BCUT2D eigenvalue weighted by Crippen LogP contribution is 2.05. The molecule has 0 aliphatic heterocycles. The summed E-state index contributed by atoms with van der Waals surface area (Å²) in [6.45, 7) is 1.20. The maximum atomic E-state index is 11.4. The number of sulfonamides is 1. The average molecular weight is 266 g/mol. The summed E-state index contributed by atoms with van der Waals surface area (Å²) in [5.41, 5.74) is 0. The second-order valence-corrected chi connectivity index (χ2v) is 6.12. The van der Waals surface area contributed by atoms with Gasteiger partial charge < -0.3 is 5.11 Å². The third kappa shape index (κ3) is 4.83. The van der Waals surface area contributed by atoms with Crippen LogP contribution in [0, 0.1) is 11.3 Å². The van der Waals surface area contributed by atoms with Crippen LogP contribution < -0.4 is 4.72 Å². The Kier molecular flexibility index (Phi) is 6.40. The molecule has 0 saturated carbocycles. The van der Waals surface area contributed by atoms with Crippen LogP contribution in [0.1, 0.15) is 13.3 Å². The Morgan fingerprint density at radius 1 is 1.62 bits per heavy atom. The van der Waals surface area contributed by atoms with Gasteiger partial charge in [0.25, 0.3) is 0 Å². The van der Waals surface area contributed by atoms with Gasteiger partial charge >= 0.3 is 5.97 Å². The molecular formula is C8H14N2O4S2. The fourth-order valence-corrected chi connectivity index (χ4v) is 2.27. The van der Waals surface area contributed by atoms with Crippen LogP contribution in [0.4, 0.5) is 0 Å². The van der Waals surface area contributed by atoms with Crippen molar-refractivity contribution in [3.05, 3.63) is 0 Å². The fraction of sp³-hybridized carbons (Fsp3) is 0.750. The monoisotopic (exact) mass is 266 g/mol. The van der Waals surface area contributed by atoms with Crippen molar-refractivity contribution >= 4 is 27.8 Å². The maximum Gasteiger partial charge on any atom is 0.321 e. The van der Waals surface area contributed by atoms with E-state index in [9.17, 15) is 13.2 Å². The predicted molar refractivity (Wildman–Crippen MR) is 61.6 cm³/mol. The van der Waals surface area contributed by atoms with Crippen molar-refractivity contribution in [2.24, 2.45) is 0 Å². The number of nitrogens with one attached hydrogen (secondary N) is 1. The van der Waals surface area contributed by atoms with E-state index in [-0.39, 0.29) is 6.42 Å². The van der Waals surface area contributed by atoms with Gasteiger partial charge in [0.1, 0.15) is 6.04 Å². The molecule has 0 amide bonds. The lowest BCUT2D eigenvalue weighted by Gasteiger charge is -2.14. The second-order valence-electron chi connectivity index (χ2n) is 3.11. The highest BCUT2D eigenvalue weighted by atomic mass is 32.2. The molecule has 92 valence electrons. The van der Waals surface area contributed by atoms with Gasteiger partial charge in [-0.3, -0.25) is 4.79 Å². The van der Waals surface area contributed by atoms with Gasteiger partial charge in [-0.05, 0) is 25.4 Å². The van der Waals surface area contributed by atoms with Gasteiger partial charge in [-0.15, -0.1) is 0 Å². The first-order valence-electron chi connectivity index (χ1n) is 4.47. The first-order valence-corrected chi connectivity index (χ1v) is 7.41. The van der Waals surface area contributed by atoms with Crippen LogP contribution in [0.2, 0.25) is 0 Å². The molecule has 0 aromatic heterocycles. The molecule has 0 bridgehead atoms. The average Bonchev–Trinajstić information content (AvgIpc) is 2.22. The minimum Gasteiger partial charge on any atom is -0.480 e. The molecule has 0 aliphatic rings. The Hall–Kier alpha value is -0.780. The van der Waals surface area contributed by atoms with Crippen molar-refractivity contribution in [2.75, 3.05) is 12.0 Å². The molecule has 1 unspecified atom stereocenters. The number of carboxylic acid groups (broad SMARTS) is 1. The van der Waals surface area contributed by atoms with Gasteiger partial charge in [0.15, 0.2) is 5.25 Å². The molecule has 0 heterocycles. The minimum absolute atomic E-state index is 0.188. The molecule has 0 aliphatic carbocycles. The number of hydrogen-bond acceptors (Lipinski definition) is 5. The molecule has 16 heavy (non-hydrogen) atoms. The summed E-state index contributed by atoms with van der Waals surface area (Å²) in [6.07, 6.45) is 1.99.